The molecule has 1 aromatic heterocycles. The van der Waals surface area contributed by atoms with Crippen LogP contribution in [0.1, 0.15) is 31.7 Å². The number of allylic oxidation sites excluding steroid dienone is 1. The molecule has 5 heteroatoms. The first kappa shape index (κ1) is 20.7. The molecule has 29 heavy (non-hydrogen) atoms. The minimum absolute atomic E-state index is 0.280. The largest absolute Gasteiger partial charge is 0.472 e. The highest BCUT2D eigenvalue weighted by Gasteiger charge is 2.08. The fourth-order valence-electron chi connectivity index (χ4n) is 2.99. The van der Waals surface area contributed by atoms with Crippen molar-refractivity contribution in [3.63, 3.8) is 0 Å². The molecular weight excluding hydrogens is 367 g/mol. The van der Waals surface area contributed by atoms with Crippen LogP contribution in [0.3, 0.4) is 0 Å². The highest BCUT2D eigenvalue weighted by molar-refractivity contribution is 5.82. The molecule has 3 aromatic rings. The number of benzene rings is 2. The van der Waals surface area contributed by atoms with Crippen molar-refractivity contribution in [1.29, 1.82) is 0 Å². The Morgan fingerprint density at radius 1 is 1.21 bits per heavy atom. The number of unbranched alkanes of at least 4 members (excludes halogenated alkanes) is 1. The fraction of sp³-hybridized carbons (Fsp3) is 0.250. The molecule has 0 bridgehead atoms. The molecule has 4 nitrogen and oxygen atoms in total. The molecular formula is C24H25FN2O2. The second kappa shape index (κ2) is 9.94. The molecule has 1 heterocycles. The van der Waals surface area contributed by atoms with E-state index in [2.05, 4.69) is 16.5 Å². The molecule has 1 N–H and O–H groups in total. The van der Waals surface area contributed by atoms with E-state index in [0.717, 1.165) is 30.4 Å². The molecule has 1 unspecified atom stereocenters. The molecule has 0 aliphatic heterocycles. The summed E-state index contributed by atoms with van der Waals surface area (Å²) in [5.74, 6) is 0.148. The van der Waals surface area contributed by atoms with Gasteiger partial charge >= 0.3 is 0 Å². The number of rotatable bonds is 9. The van der Waals surface area contributed by atoms with Crippen LogP contribution in [0, 0.1) is 5.82 Å². The standard InChI is InChI=1S/C24H25FN2O2/c1-3-13-29-24-16-26-23-15-19(10-12-22(23)27-24)20-11-9-18(14-21(20)25)8-6-4-5-7-17(2)28/h3,6,8-12,14-17,28H,1,4-5,7,13H2,2H3. The van der Waals surface area contributed by atoms with E-state index in [1.165, 1.54) is 6.07 Å². The van der Waals surface area contributed by atoms with Crippen LogP contribution in [0.25, 0.3) is 28.2 Å². The first-order chi connectivity index (χ1) is 14.1. The molecule has 0 fully saturated rings. The van der Waals surface area contributed by atoms with Crippen molar-refractivity contribution in [2.24, 2.45) is 0 Å². The maximum atomic E-state index is 14.7. The molecule has 0 aliphatic rings. The van der Waals surface area contributed by atoms with Crippen LogP contribution in [0.2, 0.25) is 0 Å². The Labute approximate surface area is 170 Å². The fourth-order valence-corrected chi connectivity index (χ4v) is 2.99. The maximum Gasteiger partial charge on any atom is 0.233 e. The predicted molar refractivity (Wildman–Crippen MR) is 115 cm³/mol. The van der Waals surface area contributed by atoms with Crippen molar-refractivity contribution >= 4 is 17.1 Å². The van der Waals surface area contributed by atoms with E-state index in [-0.39, 0.29) is 11.9 Å². The van der Waals surface area contributed by atoms with Gasteiger partial charge in [0.1, 0.15) is 12.4 Å². The topological polar surface area (TPSA) is 55.2 Å². The van der Waals surface area contributed by atoms with Crippen LogP contribution in [-0.2, 0) is 0 Å². The van der Waals surface area contributed by atoms with Gasteiger partial charge in [0.2, 0.25) is 5.88 Å². The SMILES string of the molecule is C=CCOc1cnc2cc(-c3ccc(C=CCCCC(C)O)cc3F)ccc2n1. The van der Waals surface area contributed by atoms with E-state index >= 15 is 0 Å². The molecule has 0 spiro atoms. The molecule has 0 amide bonds. The van der Waals surface area contributed by atoms with Gasteiger partial charge < -0.3 is 9.84 Å². The quantitative estimate of drug-likeness (QED) is 0.382. The summed E-state index contributed by atoms with van der Waals surface area (Å²) in [4.78, 5) is 8.76. The molecule has 2 aromatic carbocycles. The molecule has 0 saturated heterocycles. The number of nitrogens with zero attached hydrogens (tertiary/aromatic N) is 2. The van der Waals surface area contributed by atoms with E-state index in [1.807, 2.05) is 36.4 Å². The van der Waals surface area contributed by atoms with Gasteiger partial charge in [0.15, 0.2) is 0 Å². The third kappa shape index (κ3) is 5.72. The second-order valence-corrected chi connectivity index (χ2v) is 6.93. The zero-order valence-corrected chi connectivity index (χ0v) is 16.5. The Morgan fingerprint density at radius 2 is 2.07 bits per heavy atom. The number of halogens is 1. The molecule has 150 valence electrons. The zero-order valence-electron chi connectivity index (χ0n) is 16.5. The Bertz CT molecular complexity index is 1010. The van der Waals surface area contributed by atoms with Crippen LogP contribution in [0.5, 0.6) is 5.88 Å². The Kier molecular flexibility index (Phi) is 7.09. The number of fused-ring (bicyclic) bond motifs is 1. The number of ether oxygens (including phenoxy) is 1. The highest BCUT2D eigenvalue weighted by atomic mass is 19.1. The summed E-state index contributed by atoms with van der Waals surface area (Å²) in [6.45, 7) is 5.76. The number of hydrogen-bond donors (Lipinski definition) is 1. The van der Waals surface area contributed by atoms with Gasteiger partial charge in [-0.1, -0.05) is 43.0 Å². The van der Waals surface area contributed by atoms with Gasteiger partial charge in [-0.2, -0.15) is 0 Å². The Morgan fingerprint density at radius 3 is 2.83 bits per heavy atom. The van der Waals surface area contributed by atoms with Gasteiger partial charge in [-0.15, -0.1) is 0 Å². The number of aliphatic hydroxyl groups excluding tert-OH is 1. The first-order valence-electron chi connectivity index (χ1n) is 9.72. The zero-order chi connectivity index (χ0) is 20.6. The normalized spacial score (nSPS) is 12.4. The van der Waals surface area contributed by atoms with Crippen LogP contribution in [0.4, 0.5) is 4.39 Å². The Balaban J connectivity index is 1.75. The minimum atomic E-state index is -0.283. The molecule has 0 saturated carbocycles. The van der Waals surface area contributed by atoms with E-state index in [0.29, 0.717) is 29.1 Å². The van der Waals surface area contributed by atoms with E-state index < -0.39 is 0 Å². The van der Waals surface area contributed by atoms with Gasteiger partial charge in [-0.05, 0) is 55.5 Å². The van der Waals surface area contributed by atoms with Gasteiger partial charge in [-0.3, -0.25) is 0 Å². The van der Waals surface area contributed by atoms with Crippen LogP contribution in [0.15, 0.2) is 61.3 Å². The van der Waals surface area contributed by atoms with Gasteiger partial charge in [-0.25, -0.2) is 14.4 Å². The summed E-state index contributed by atoms with van der Waals surface area (Å²) in [5, 5.41) is 9.27. The lowest BCUT2D eigenvalue weighted by Gasteiger charge is -2.07. The summed E-state index contributed by atoms with van der Waals surface area (Å²) in [6.07, 6.45) is 9.37. The Hall–Kier alpha value is -3.05. The lowest BCUT2D eigenvalue weighted by Crippen LogP contribution is -1.97. The minimum Gasteiger partial charge on any atom is -0.472 e. The summed E-state index contributed by atoms with van der Waals surface area (Å²) >= 11 is 0. The van der Waals surface area contributed by atoms with Crippen LogP contribution >= 0.6 is 0 Å². The summed E-state index contributed by atoms with van der Waals surface area (Å²) in [6, 6.07) is 10.7. The van der Waals surface area contributed by atoms with Crippen molar-refractivity contribution in [2.75, 3.05) is 6.61 Å². The molecule has 0 aliphatic carbocycles. The van der Waals surface area contributed by atoms with Crippen molar-refractivity contribution in [1.82, 2.24) is 9.97 Å². The van der Waals surface area contributed by atoms with Crippen LogP contribution < -0.4 is 4.74 Å². The maximum absolute atomic E-state index is 14.7. The monoisotopic (exact) mass is 392 g/mol. The summed E-state index contributed by atoms with van der Waals surface area (Å²) in [5.41, 5.74) is 3.44. The number of aliphatic hydroxyl groups is 1. The lowest BCUT2D eigenvalue weighted by atomic mass is 10.0. The molecule has 3 rings (SSSR count). The summed E-state index contributed by atoms with van der Waals surface area (Å²) in [7, 11) is 0. The van der Waals surface area contributed by atoms with Gasteiger partial charge in [0, 0.05) is 5.56 Å². The lowest BCUT2D eigenvalue weighted by molar-refractivity contribution is 0.182. The van der Waals surface area contributed by atoms with Crippen molar-refractivity contribution in [2.45, 2.75) is 32.3 Å². The third-order valence-corrected chi connectivity index (χ3v) is 4.48. The first-order valence-corrected chi connectivity index (χ1v) is 9.72. The second-order valence-electron chi connectivity index (χ2n) is 6.93. The van der Waals surface area contributed by atoms with Crippen molar-refractivity contribution < 1.29 is 14.2 Å². The van der Waals surface area contributed by atoms with Crippen molar-refractivity contribution in [3.05, 3.63) is 72.7 Å². The van der Waals surface area contributed by atoms with Crippen molar-refractivity contribution in [3.8, 4) is 17.0 Å². The van der Waals surface area contributed by atoms with E-state index in [9.17, 15) is 9.50 Å². The number of aromatic nitrogens is 2. The van der Waals surface area contributed by atoms with Gasteiger partial charge in [0.25, 0.3) is 0 Å². The van der Waals surface area contributed by atoms with Crippen LogP contribution in [-0.4, -0.2) is 27.8 Å². The van der Waals surface area contributed by atoms with E-state index in [1.54, 1.807) is 25.3 Å². The molecule has 1 atom stereocenters. The third-order valence-electron chi connectivity index (χ3n) is 4.48. The molecule has 0 radical (unpaired) electrons. The predicted octanol–water partition coefficient (Wildman–Crippen LogP) is 5.57. The number of hydrogen-bond acceptors (Lipinski definition) is 4. The van der Waals surface area contributed by atoms with Gasteiger partial charge in [0.05, 0.1) is 23.3 Å². The average Bonchev–Trinajstić information content (AvgIpc) is 2.71. The average molecular weight is 392 g/mol. The summed E-state index contributed by atoms with van der Waals surface area (Å²) < 4.78 is 20.1. The highest BCUT2D eigenvalue weighted by Crippen LogP contribution is 2.27. The smallest absolute Gasteiger partial charge is 0.233 e. The van der Waals surface area contributed by atoms with E-state index in [4.69, 9.17) is 4.74 Å².